The smallest absolute Gasteiger partial charge is 1.00 e. The molecule has 0 aromatic rings. The van der Waals surface area contributed by atoms with Crippen LogP contribution in [-0.4, -0.2) is 66.9 Å². The molecule has 0 saturated carbocycles. The van der Waals surface area contributed by atoms with Crippen LogP contribution in [0.5, 0.6) is 0 Å². The van der Waals surface area contributed by atoms with Gasteiger partial charge in [-0.25, -0.2) is 0 Å². The molecule has 16 N–H and O–H groups in total. The number of rotatable bonds is 0. The fourth-order valence-electron chi connectivity index (χ4n) is 0. The van der Waals surface area contributed by atoms with Crippen LogP contribution >= 0.6 is 0 Å². The Bertz CT molecular complexity index is 9.22. The molecule has 0 saturated heterocycles. The van der Waals surface area contributed by atoms with Crippen molar-refractivity contribution in [2.75, 3.05) is 0 Å². The van der Waals surface area contributed by atoms with Crippen LogP contribution in [0.3, 0.4) is 0 Å². The van der Waals surface area contributed by atoms with E-state index < -0.39 is 0 Å². The summed E-state index contributed by atoms with van der Waals surface area (Å²) in [6.07, 6.45) is 0. The molecule has 0 aromatic carbocycles. The van der Waals surface area contributed by atoms with Crippen LogP contribution in [0.2, 0.25) is 0 Å². The van der Waals surface area contributed by atoms with E-state index in [2.05, 4.69) is 0 Å². The van der Waals surface area contributed by atoms with Gasteiger partial charge in [0.2, 0.25) is 0 Å². The third-order valence-electron chi connectivity index (χ3n) is 0. The third kappa shape index (κ3) is 443. The van der Waals surface area contributed by atoms with E-state index in [-0.39, 0.29) is 90.8 Å². The van der Waals surface area contributed by atoms with Gasteiger partial charge in [0.15, 0.2) is 0 Å². The van der Waals surface area contributed by atoms with Gasteiger partial charge in [-0.1, -0.05) is 0 Å². The molecule has 0 rings (SSSR count). The zero-order chi connectivity index (χ0) is 0. The predicted octanol–water partition coefficient (Wildman–Crippen LogP) is -9.97. The van der Waals surface area contributed by atoms with Gasteiger partial charge in [0.25, 0.3) is 0 Å². The second-order valence-electron chi connectivity index (χ2n) is 0. The van der Waals surface area contributed by atoms with Gasteiger partial charge in [-0.3, -0.25) is 0 Å². The first-order chi connectivity index (χ1) is 0. The topological polar surface area (TPSA) is 252 Å². The molecular formula is H16IMgO8+. The quantitative estimate of drug-likeness (QED) is 0.298. The molecule has 72 valence electrons. The molecule has 0 spiro atoms. The molecule has 0 aliphatic heterocycles. The first-order valence-corrected chi connectivity index (χ1v) is 0. The first kappa shape index (κ1) is 837. The van der Waals surface area contributed by atoms with Crippen LogP contribution in [-0.2, 0) is 0 Å². The fourth-order valence-corrected chi connectivity index (χ4v) is 0. The summed E-state index contributed by atoms with van der Waals surface area (Å²) in [5.41, 5.74) is 0. The van der Waals surface area contributed by atoms with Gasteiger partial charge in [0.05, 0.1) is 0 Å². The molecule has 10 heteroatoms. The van der Waals surface area contributed by atoms with Crippen LogP contribution < -0.4 is 24.0 Å². The Balaban J connectivity index is 0. The molecule has 0 radical (unpaired) electrons. The van der Waals surface area contributed by atoms with Crippen molar-refractivity contribution >= 4 is 23.1 Å². The Hall–Kier alpha value is 1.18. The molecule has 10 heavy (non-hydrogen) atoms. The Labute approximate surface area is 90.6 Å². The Morgan fingerprint density at radius 1 is 0.300 bits per heavy atom. The van der Waals surface area contributed by atoms with E-state index in [1.165, 1.54) is 0 Å². The van der Waals surface area contributed by atoms with Crippen molar-refractivity contribution in [3.63, 3.8) is 0 Å². The molecule has 0 heterocycles. The average molecular weight is 295 g/mol. The Morgan fingerprint density at radius 2 is 0.300 bits per heavy atom. The average Bonchev–Trinajstić information content (AvgIpc) is 0. The van der Waals surface area contributed by atoms with Crippen molar-refractivity contribution in [2.45, 2.75) is 0 Å². The van der Waals surface area contributed by atoms with E-state index in [0.29, 0.717) is 0 Å². The van der Waals surface area contributed by atoms with Gasteiger partial charge >= 0.3 is 23.1 Å². The molecule has 8 nitrogen and oxygen atoms in total. The first-order valence-electron chi connectivity index (χ1n) is 0. The van der Waals surface area contributed by atoms with Crippen LogP contribution in [0.15, 0.2) is 0 Å². The second kappa shape index (κ2) is 619. The standard InChI is InChI=1S/HI.Mg.8H2O/h1H;;8*1H2/q;+2;;;;;;;;/p-1. The van der Waals surface area contributed by atoms with Gasteiger partial charge in [0, 0.05) is 0 Å². The molecule has 0 aliphatic carbocycles. The second-order valence-corrected chi connectivity index (χ2v) is 0. The number of hydrogen-bond donors (Lipinski definition) is 0. The monoisotopic (exact) mass is 295 g/mol. The van der Waals surface area contributed by atoms with E-state index in [1.54, 1.807) is 0 Å². The van der Waals surface area contributed by atoms with Gasteiger partial charge in [0.1, 0.15) is 0 Å². The van der Waals surface area contributed by atoms with E-state index in [0.717, 1.165) is 0 Å². The number of halogens is 1. The van der Waals surface area contributed by atoms with Crippen molar-refractivity contribution in [3.05, 3.63) is 0 Å². The summed E-state index contributed by atoms with van der Waals surface area (Å²) in [6, 6.07) is 0. The minimum Gasteiger partial charge on any atom is -1.00 e. The maximum absolute atomic E-state index is 0. The van der Waals surface area contributed by atoms with Crippen LogP contribution in [0, 0.1) is 0 Å². The van der Waals surface area contributed by atoms with Gasteiger partial charge in [-0.15, -0.1) is 0 Å². The van der Waals surface area contributed by atoms with Crippen LogP contribution in [0.1, 0.15) is 0 Å². The van der Waals surface area contributed by atoms with Crippen molar-refractivity contribution in [1.82, 2.24) is 0 Å². The molecule has 0 aliphatic rings. The SMILES string of the molecule is O.O.O.O.O.O.O.O.[I-].[Mg+2]. The van der Waals surface area contributed by atoms with Gasteiger partial charge in [-0.05, 0) is 0 Å². The van der Waals surface area contributed by atoms with Gasteiger partial charge in [-0.2, -0.15) is 0 Å². The zero-order valence-corrected chi connectivity index (χ0v) is 8.66. The van der Waals surface area contributed by atoms with E-state index >= 15 is 0 Å². The van der Waals surface area contributed by atoms with Crippen molar-refractivity contribution in [1.29, 1.82) is 0 Å². The molecule has 0 bridgehead atoms. The van der Waals surface area contributed by atoms with E-state index in [4.69, 9.17) is 0 Å². The van der Waals surface area contributed by atoms with Crippen molar-refractivity contribution < 1.29 is 67.8 Å². The maximum atomic E-state index is 0. The summed E-state index contributed by atoms with van der Waals surface area (Å²) in [4.78, 5) is 0. The summed E-state index contributed by atoms with van der Waals surface area (Å²) in [5.74, 6) is 0. The molecule has 0 aromatic heterocycles. The molecule has 0 unspecified atom stereocenters. The normalized spacial score (nSPS) is 0. The summed E-state index contributed by atoms with van der Waals surface area (Å²) in [5, 5.41) is 0. The number of hydrogen-bond acceptors (Lipinski definition) is 0. The molecule has 0 fully saturated rings. The van der Waals surface area contributed by atoms with E-state index in [1.807, 2.05) is 0 Å². The minimum atomic E-state index is 0. The van der Waals surface area contributed by atoms with Crippen LogP contribution in [0.25, 0.3) is 0 Å². The summed E-state index contributed by atoms with van der Waals surface area (Å²) in [7, 11) is 0. The summed E-state index contributed by atoms with van der Waals surface area (Å²) >= 11 is 0. The Kier molecular flexibility index (Phi) is 51800. The zero-order valence-electron chi connectivity index (χ0n) is 5.09. The summed E-state index contributed by atoms with van der Waals surface area (Å²) < 4.78 is 0. The maximum Gasteiger partial charge on any atom is 2.00 e. The van der Waals surface area contributed by atoms with Crippen molar-refractivity contribution in [2.24, 2.45) is 0 Å². The molecule has 0 amide bonds. The fraction of sp³-hybridized carbons (Fsp3) is 0. The molecular weight excluding hydrogens is 279 g/mol. The summed E-state index contributed by atoms with van der Waals surface area (Å²) in [6.45, 7) is 0. The predicted molar refractivity (Wildman–Crippen MR) is 34.7 cm³/mol. The van der Waals surface area contributed by atoms with E-state index in [9.17, 15) is 0 Å². The minimum absolute atomic E-state index is 0. The van der Waals surface area contributed by atoms with Crippen LogP contribution in [0.4, 0.5) is 0 Å². The van der Waals surface area contributed by atoms with Crippen molar-refractivity contribution in [3.8, 4) is 0 Å². The Morgan fingerprint density at radius 3 is 0.300 bits per heavy atom. The third-order valence-corrected chi connectivity index (χ3v) is 0. The molecule has 0 atom stereocenters. The largest absolute Gasteiger partial charge is 2.00 e. The van der Waals surface area contributed by atoms with Gasteiger partial charge < -0.3 is 67.8 Å².